The molecular weight excluding hydrogens is 482 g/mol. The molecule has 1 aromatic rings. The molecule has 38 heavy (non-hydrogen) atoms. The van der Waals surface area contributed by atoms with Gasteiger partial charge in [0.05, 0.1) is 12.8 Å². The number of methoxy groups -OCH3 is 1. The van der Waals surface area contributed by atoms with E-state index in [2.05, 4.69) is 33.8 Å². The number of ether oxygens (including phenoxy) is 1. The molecule has 0 radical (unpaired) electrons. The Labute approximate surface area is 224 Å². The van der Waals surface area contributed by atoms with Gasteiger partial charge in [-0.1, -0.05) is 19.8 Å². The van der Waals surface area contributed by atoms with E-state index in [0.29, 0.717) is 42.3 Å². The van der Waals surface area contributed by atoms with Crippen LogP contribution in [0.4, 0.5) is 5.69 Å². The molecule has 0 spiro atoms. The van der Waals surface area contributed by atoms with E-state index in [1.54, 1.807) is 7.11 Å². The van der Waals surface area contributed by atoms with Gasteiger partial charge in [-0.05, 0) is 61.8 Å². The molecule has 2 aliphatic carbocycles. The summed E-state index contributed by atoms with van der Waals surface area (Å²) in [6, 6.07) is 4.76. The topological polar surface area (TPSA) is 115 Å². The molecule has 10 nitrogen and oxygen atoms in total. The Balaban J connectivity index is 1.28. The van der Waals surface area contributed by atoms with E-state index in [9.17, 15) is 9.59 Å². The highest BCUT2D eigenvalue weighted by atomic mass is 16.5. The van der Waals surface area contributed by atoms with Gasteiger partial charge in [-0.15, -0.1) is 0 Å². The van der Waals surface area contributed by atoms with Gasteiger partial charge >= 0.3 is 0 Å². The van der Waals surface area contributed by atoms with Gasteiger partial charge in [0, 0.05) is 44.7 Å². The minimum absolute atomic E-state index is 0.194. The third-order valence-electron chi connectivity index (χ3n) is 8.88. The Bertz CT molecular complexity index is 1160. The zero-order chi connectivity index (χ0) is 26.6. The zero-order valence-electron chi connectivity index (χ0n) is 22.8. The Morgan fingerprint density at radius 2 is 1.95 bits per heavy atom. The molecule has 2 atom stereocenters. The Kier molecular flexibility index (Phi) is 6.32. The lowest BCUT2D eigenvalue weighted by Crippen LogP contribution is -2.76. The second-order valence-electron chi connectivity index (χ2n) is 11.6. The number of hydrogen-bond donors (Lipinski definition) is 4. The van der Waals surface area contributed by atoms with E-state index >= 15 is 0 Å². The van der Waals surface area contributed by atoms with Crippen molar-refractivity contribution in [2.24, 2.45) is 11.7 Å². The van der Waals surface area contributed by atoms with Crippen molar-refractivity contribution >= 4 is 17.5 Å². The fraction of sp³-hybridized carbons (Fsp3) is 0.643. The molecule has 0 aromatic heterocycles. The van der Waals surface area contributed by atoms with Crippen LogP contribution in [0.5, 0.6) is 5.75 Å². The van der Waals surface area contributed by atoms with E-state index in [1.165, 1.54) is 12.8 Å². The first-order chi connectivity index (χ1) is 18.3. The molecule has 6 rings (SSSR count). The predicted octanol–water partition coefficient (Wildman–Crippen LogP) is 1.83. The number of amides is 2. The molecule has 10 heteroatoms. The Morgan fingerprint density at radius 1 is 1.18 bits per heavy atom. The number of fused-ring (bicyclic) bond motifs is 1. The maximum Gasteiger partial charge on any atom is 0.275 e. The van der Waals surface area contributed by atoms with Crippen LogP contribution in [0.3, 0.4) is 0 Å². The molecule has 2 fully saturated rings. The summed E-state index contributed by atoms with van der Waals surface area (Å²) < 4.78 is 5.75. The van der Waals surface area contributed by atoms with Crippen molar-refractivity contribution in [2.75, 3.05) is 32.6 Å². The average molecular weight is 524 g/mol. The maximum absolute atomic E-state index is 13.5. The predicted molar refractivity (Wildman–Crippen MR) is 144 cm³/mol. The summed E-state index contributed by atoms with van der Waals surface area (Å²) in [4.78, 5) is 32.6. The monoisotopic (exact) mass is 523 g/mol. The second-order valence-corrected chi connectivity index (χ2v) is 11.6. The number of hydrogen-bond acceptors (Lipinski definition) is 8. The van der Waals surface area contributed by atoms with Gasteiger partial charge in [-0.2, -0.15) is 0 Å². The van der Waals surface area contributed by atoms with Crippen molar-refractivity contribution in [1.82, 2.24) is 25.3 Å². The molecule has 0 bridgehead atoms. The van der Waals surface area contributed by atoms with Gasteiger partial charge in [0.15, 0.2) is 0 Å². The van der Waals surface area contributed by atoms with Crippen LogP contribution < -0.4 is 26.4 Å². The van der Waals surface area contributed by atoms with Crippen molar-refractivity contribution in [3.05, 3.63) is 34.8 Å². The molecule has 3 aliphatic heterocycles. The smallest absolute Gasteiger partial charge is 0.275 e. The number of carbonyl (C=O) groups excluding carboxylic acids is 2. The lowest BCUT2D eigenvalue weighted by atomic mass is 9.97. The highest BCUT2D eigenvalue weighted by Gasteiger charge is 2.46. The molecule has 2 amide bonds. The number of likely N-dealkylation sites (N-methyl/N-ethyl adjacent to an activating group) is 1. The van der Waals surface area contributed by atoms with Crippen molar-refractivity contribution in [1.29, 1.82) is 0 Å². The molecule has 2 saturated carbocycles. The van der Waals surface area contributed by atoms with Gasteiger partial charge in [-0.25, -0.2) is 0 Å². The van der Waals surface area contributed by atoms with Crippen LogP contribution in [0.1, 0.15) is 63.0 Å². The highest BCUT2D eigenvalue weighted by molar-refractivity contribution is 5.95. The number of benzene rings is 1. The zero-order valence-corrected chi connectivity index (χ0v) is 22.8. The van der Waals surface area contributed by atoms with E-state index in [4.69, 9.17) is 10.5 Å². The van der Waals surface area contributed by atoms with Crippen molar-refractivity contribution in [3.63, 3.8) is 0 Å². The average Bonchev–Trinajstić information content (AvgIpc) is 3.61. The summed E-state index contributed by atoms with van der Waals surface area (Å²) in [6.45, 7) is 4.33. The highest BCUT2D eigenvalue weighted by Crippen LogP contribution is 2.38. The van der Waals surface area contributed by atoms with Crippen molar-refractivity contribution in [3.8, 4) is 5.75 Å². The lowest BCUT2D eigenvalue weighted by molar-refractivity contribution is -0.133. The molecule has 206 valence electrons. The van der Waals surface area contributed by atoms with E-state index in [1.807, 2.05) is 22.9 Å². The minimum atomic E-state index is -1.40. The van der Waals surface area contributed by atoms with E-state index in [-0.39, 0.29) is 17.7 Å². The van der Waals surface area contributed by atoms with Crippen LogP contribution in [0, 0.1) is 5.92 Å². The quantitative estimate of drug-likeness (QED) is 0.418. The largest absolute Gasteiger partial charge is 0.495 e. The van der Waals surface area contributed by atoms with Gasteiger partial charge in [0.2, 0.25) is 11.8 Å². The van der Waals surface area contributed by atoms with Gasteiger partial charge < -0.3 is 30.1 Å². The molecule has 5 N–H and O–H groups in total. The summed E-state index contributed by atoms with van der Waals surface area (Å²) in [5.41, 5.74) is 10.4. The third-order valence-corrected chi connectivity index (χ3v) is 8.88. The number of nitrogens with one attached hydrogen (secondary N) is 3. The SMILES string of the molecule is CCC1CN(C)C2=C(N[C@@](N)(Nc3cc4c(cc3OC)CN(C(=O)C3CC3)CC4)NC2=O)N1C1CCCC1. The second kappa shape index (κ2) is 9.55. The van der Waals surface area contributed by atoms with E-state index in [0.717, 1.165) is 62.0 Å². The minimum Gasteiger partial charge on any atom is -0.495 e. The molecule has 5 aliphatic rings. The number of nitrogens with two attached hydrogens (primary N) is 1. The van der Waals surface area contributed by atoms with Gasteiger partial charge in [-0.3, -0.25) is 20.6 Å². The summed E-state index contributed by atoms with van der Waals surface area (Å²) in [5.74, 6) is 0.331. The normalized spacial score (nSPS) is 27.5. The first-order valence-corrected chi connectivity index (χ1v) is 14.2. The summed E-state index contributed by atoms with van der Waals surface area (Å²) in [7, 11) is 3.61. The first kappa shape index (κ1) is 25.2. The summed E-state index contributed by atoms with van der Waals surface area (Å²) in [6.07, 6.45) is 8.47. The Morgan fingerprint density at radius 3 is 2.63 bits per heavy atom. The van der Waals surface area contributed by atoms with Crippen LogP contribution >= 0.6 is 0 Å². The molecule has 0 saturated heterocycles. The number of nitrogens with zero attached hydrogens (tertiary/aromatic N) is 3. The Hall–Kier alpha value is -3.14. The van der Waals surface area contributed by atoms with E-state index < -0.39 is 5.91 Å². The van der Waals surface area contributed by atoms with Crippen LogP contribution in [-0.4, -0.2) is 71.8 Å². The standard InChI is InChI=1S/C28H41N7O3/c1-4-20-16-33(2)24-25(35(20)21-7-5-6-8-21)31-28(29,32-26(24)36)30-22-13-18-11-12-34(27(37)17-9-10-17)15-19(18)14-23(22)38-3/h13-14,17,20-21,30-31H,4-12,15-16,29H2,1-3H3,(H,32,36)/t20?,28-/m1/s1. The van der Waals surface area contributed by atoms with Crippen LogP contribution in [0.2, 0.25) is 0 Å². The maximum atomic E-state index is 13.5. The van der Waals surface area contributed by atoms with Gasteiger partial charge in [0.25, 0.3) is 5.91 Å². The van der Waals surface area contributed by atoms with Crippen LogP contribution in [0.15, 0.2) is 23.7 Å². The van der Waals surface area contributed by atoms with Gasteiger partial charge in [0.1, 0.15) is 17.3 Å². The molecule has 3 heterocycles. The van der Waals surface area contributed by atoms with Crippen molar-refractivity contribution < 1.29 is 14.3 Å². The fourth-order valence-corrected chi connectivity index (χ4v) is 6.74. The molecule has 1 aromatic carbocycles. The number of rotatable bonds is 6. The number of carbonyl (C=O) groups is 2. The number of anilines is 1. The fourth-order valence-electron chi connectivity index (χ4n) is 6.74. The van der Waals surface area contributed by atoms with Crippen LogP contribution in [0.25, 0.3) is 0 Å². The molecule has 1 unspecified atom stereocenters. The third kappa shape index (κ3) is 4.42. The molecular formula is C28H41N7O3. The van der Waals surface area contributed by atoms with Crippen LogP contribution in [-0.2, 0) is 22.6 Å². The summed E-state index contributed by atoms with van der Waals surface area (Å²) in [5, 5.41) is 9.83. The van der Waals surface area contributed by atoms with Crippen molar-refractivity contribution in [2.45, 2.75) is 82.8 Å². The summed E-state index contributed by atoms with van der Waals surface area (Å²) >= 11 is 0. The lowest BCUT2D eigenvalue weighted by Gasteiger charge is -2.52. The first-order valence-electron chi connectivity index (χ1n) is 14.2.